The first kappa shape index (κ1) is 8.51. The van der Waals surface area contributed by atoms with Gasteiger partial charge in [-0.2, -0.15) is 0 Å². The van der Waals surface area contributed by atoms with Crippen molar-refractivity contribution in [2.75, 3.05) is 0 Å². The third-order valence-electron chi connectivity index (χ3n) is 2.38. The van der Waals surface area contributed by atoms with Crippen LogP contribution in [0.4, 0.5) is 4.39 Å². The van der Waals surface area contributed by atoms with E-state index < -0.39 is 0 Å². The quantitative estimate of drug-likeness (QED) is 0.539. The molecule has 0 aromatic heterocycles. The van der Waals surface area contributed by atoms with Gasteiger partial charge in [-0.15, -0.1) is 0 Å². The first-order valence-corrected chi connectivity index (χ1v) is 4.21. The smallest absolute Gasteiger partial charge is 0.125 e. The van der Waals surface area contributed by atoms with E-state index in [1.165, 1.54) is 5.57 Å². The normalized spacial score (nSPS) is 19.6. The number of halogens is 1. The predicted molar refractivity (Wildman–Crippen MR) is 46.0 cm³/mol. The maximum atomic E-state index is 13.3. The van der Waals surface area contributed by atoms with Gasteiger partial charge in [0.1, 0.15) is 5.83 Å². The molecule has 0 aliphatic heterocycles. The van der Waals surface area contributed by atoms with Crippen molar-refractivity contribution in [3.8, 4) is 0 Å². The molecule has 0 saturated carbocycles. The van der Waals surface area contributed by atoms with Gasteiger partial charge in [0.2, 0.25) is 0 Å². The molecule has 0 fully saturated rings. The van der Waals surface area contributed by atoms with Crippen molar-refractivity contribution in [1.82, 2.24) is 0 Å². The largest absolute Gasteiger partial charge is 0.207 e. The van der Waals surface area contributed by atoms with Gasteiger partial charge in [0.05, 0.1) is 0 Å². The Hall–Kier alpha value is -0.590. The lowest BCUT2D eigenvalue weighted by Crippen LogP contribution is -1.99. The molecule has 1 aliphatic rings. The zero-order valence-corrected chi connectivity index (χ0v) is 7.50. The minimum Gasteiger partial charge on any atom is -0.207 e. The van der Waals surface area contributed by atoms with E-state index in [1.807, 2.05) is 20.8 Å². The summed E-state index contributed by atoms with van der Waals surface area (Å²) in [6.07, 6.45) is 2.78. The molecule has 0 aromatic carbocycles. The van der Waals surface area contributed by atoms with Crippen molar-refractivity contribution in [1.29, 1.82) is 0 Å². The fourth-order valence-electron chi connectivity index (χ4n) is 1.54. The lowest BCUT2D eigenvalue weighted by molar-refractivity contribution is 0.602. The average Bonchev–Trinajstić information content (AvgIpc) is 1.99. The summed E-state index contributed by atoms with van der Waals surface area (Å²) in [7, 11) is 0. The second-order valence-corrected chi connectivity index (χ2v) is 3.21. The van der Waals surface area contributed by atoms with E-state index in [0.717, 1.165) is 30.4 Å². The molecule has 1 aliphatic carbocycles. The molecule has 0 spiro atoms. The van der Waals surface area contributed by atoms with Gasteiger partial charge in [0, 0.05) is 0 Å². The van der Waals surface area contributed by atoms with Gasteiger partial charge in [-0.3, -0.25) is 0 Å². The van der Waals surface area contributed by atoms with Crippen LogP contribution in [0.25, 0.3) is 0 Å². The molecule has 0 radical (unpaired) electrons. The summed E-state index contributed by atoms with van der Waals surface area (Å²) >= 11 is 0. The molecule has 0 saturated heterocycles. The molecule has 0 heterocycles. The Bertz CT molecular complexity index is 221. The van der Waals surface area contributed by atoms with Gasteiger partial charge in [-0.05, 0) is 44.3 Å². The minimum absolute atomic E-state index is 0.0521. The molecule has 0 N–H and O–H groups in total. The minimum atomic E-state index is 0.0521. The van der Waals surface area contributed by atoms with Crippen LogP contribution < -0.4 is 0 Å². The van der Waals surface area contributed by atoms with Crippen molar-refractivity contribution >= 4 is 0 Å². The van der Waals surface area contributed by atoms with E-state index in [4.69, 9.17) is 0 Å². The van der Waals surface area contributed by atoms with Crippen LogP contribution in [0.1, 0.15) is 40.0 Å². The van der Waals surface area contributed by atoms with Crippen molar-refractivity contribution in [2.24, 2.45) is 0 Å². The maximum Gasteiger partial charge on any atom is 0.125 e. The van der Waals surface area contributed by atoms with Gasteiger partial charge < -0.3 is 0 Å². The Morgan fingerprint density at radius 1 is 1.18 bits per heavy atom. The summed E-state index contributed by atoms with van der Waals surface area (Å²) < 4.78 is 13.3. The van der Waals surface area contributed by atoms with Crippen LogP contribution in [0, 0.1) is 0 Å². The number of allylic oxidation sites excluding steroid dienone is 4. The first-order chi connectivity index (χ1) is 5.16. The van der Waals surface area contributed by atoms with Crippen molar-refractivity contribution in [3.63, 3.8) is 0 Å². The van der Waals surface area contributed by atoms with E-state index in [1.54, 1.807) is 0 Å². The van der Waals surface area contributed by atoms with Gasteiger partial charge >= 0.3 is 0 Å². The highest BCUT2D eigenvalue weighted by Gasteiger charge is 2.14. The highest BCUT2D eigenvalue weighted by Crippen LogP contribution is 2.32. The van der Waals surface area contributed by atoms with Crippen LogP contribution >= 0.6 is 0 Å². The fourth-order valence-corrected chi connectivity index (χ4v) is 1.54. The molecule has 0 atom stereocenters. The van der Waals surface area contributed by atoms with E-state index in [-0.39, 0.29) is 5.83 Å². The predicted octanol–water partition coefficient (Wildman–Crippen LogP) is 3.75. The van der Waals surface area contributed by atoms with Gasteiger partial charge in [-0.1, -0.05) is 12.5 Å². The maximum absolute atomic E-state index is 13.3. The number of hydrogen-bond donors (Lipinski definition) is 0. The second kappa shape index (κ2) is 3.21. The van der Waals surface area contributed by atoms with E-state index >= 15 is 0 Å². The van der Waals surface area contributed by atoms with E-state index in [0.29, 0.717) is 0 Å². The van der Waals surface area contributed by atoms with Gasteiger partial charge in [0.25, 0.3) is 0 Å². The first-order valence-electron chi connectivity index (χ1n) is 4.21. The van der Waals surface area contributed by atoms with Crippen LogP contribution in [0.2, 0.25) is 0 Å². The molecule has 62 valence electrons. The van der Waals surface area contributed by atoms with Crippen LogP contribution in [0.5, 0.6) is 0 Å². The van der Waals surface area contributed by atoms with Crippen LogP contribution in [-0.2, 0) is 0 Å². The lowest BCUT2D eigenvalue weighted by Gasteiger charge is -2.16. The molecular weight excluding hydrogens is 139 g/mol. The van der Waals surface area contributed by atoms with Gasteiger partial charge in [0.15, 0.2) is 0 Å². The Balaban J connectivity index is 3.00. The summed E-state index contributed by atoms with van der Waals surface area (Å²) in [5.74, 6) is 0.0521. The summed E-state index contributed by atoms with van der Waals surface area (Å²) in [4.78, 5) is 0. The summed E-state index contributed by atoms with van der Waals surface area (Å²) in [5.41, 5.74) is 3.09. The summed E-state index contributed by atoms with van der Waals surface area (Å²) in [6, 6.07) is 0. The molecule has 0 bridgehead atoms. The van der Waals surface area contributed by atoms with E-state index in [9.17, 15) is 4.39 Å². The summed E-state index contributed by atoms with van der Waals surface area (Å²) in [6.45, 7) is 5.93. The molecular formula is C10H15F. The van der Waals surface area contributed by atoms with Crippen molar-refractivity contribution in [2.45, 2.75) is 40.0 Å². The Morgan fingerprint density at radius 2 is 1.73 bits per heavy atom. The van der Waals surface area contributed by atoms with Crippen LogP contribution in [-0.4, -0.2) is 0 Å². The molecule has 0 aromatic rings. The third-order valence-corrected chi connectivity index (χ3v) is 2.38. The SMILES string of the molecule is CCC1=C(C)CCC(C)=C1F. The summed E-state index contributed by atoms with van der Waals surface area (Å²) in [5, 5.41) is 0. The molecule has 0 unspecified atom stereocenters. The highest BCUT2D eigenvalue weighted by molar-refractivity contribution is 5.36. The fraction of sp³-hybridized carbons (Fsp3) is 0.600. The second-order valence-electron chi connectivity index (χ2n) is 3.21. The Kier molecular flexibility index (Phi) is 2.48. The third kappa shape index (κ3) is 1.52. The van der Waals surface area contributed by atoms with Crippen LogP contribution in [0.15, 0.2) is 22.5 Å². The lowest BCUT2D eigenvalue weighted by atomic mass is 9.92. The topological polar surface area (TPSA) is 0 Å². The highest BCUT2D eigenvalue weighted by atomic mass is 19.1. The van der Waals surface area contributed by atoms with Crippen molar-refractivity contribution < 1.29 is 4.39 Å². The zero-order valence-electron chi connectivity index (χ0n) is 7.50. The number of hydrogen-bond acceptors (Lipinski definition) is 0. The molecule has 1 heteroatoms. The molecule has 11 heavy (non-hydrogen) atoms. The average molecular weight is 154 g/mol. The standard InChI is InChI=1S/C10H15F/c1-4-9-7(2)5-6-8(3)10(9)11/h4-6H2,1-3H3. The van der Waals surface area contributed by atoms with Crippen molar-refractivity contribution in [3.05, 3.63) is 22.5 Å². The van der Waals surface area contributed by atoms with E-state index in [2.05, 4.69) is 0 Å². The Labute approximate surface area is 67.8 Å². The molecule has 0 nitrogen and oxygen atoms in total. The Morgan fingerprint density at radius 3 is 2.18 bits per heavy atom. The molecule has 1 rings (SSSR count). The zero-order chi connectivity index (χ0) is 8.43. The monoisotopic (exact) mass is 154 g/mol. The van der Waals surface area contributed by atoms with Gasteiger partial charge in [-0.25, -0.2) is 4.39 Å². The molecule has 0 amide bonds. The van der Waals surface area contributed by atoms with Crippen LogP contribution in [0.3, 0.4) is 0 Å². The number of rotatable bonds is 1.